The van der Waals surface area contributed by atoms with Gasteiger partial charge in [0.15, 0.2) is 0 Å². The Bertz CT molecular complexity index is 237. The zero-order chi connectivity index (χ0) is 16.3. The molecule has 0 aromatic carbocycles. The van der Waals surface area contributed by atoms with Crippen molar-refractivity contribution < 1.29 is 3.07 Å². The first-order valence-corrected chi connectivity index (χ1v) is 32.6. The Kier molecular flexibility index (Phi) is 11.8. The van der Waals surface area contributed by atoms with Gasteiger partial charge in [0.1, 0.15) is 0 Å². The van der Waals surface area contributed by atoms with E-state index in [1.807, 2.05) is 0 Å². The predicted molar refractivity (Wildman–Crippen MR) is 106 cm³/mol. The zero-order valence-electron chi connectivity index (χ0n) is 16.0. The van der Waals surface area contributed by atoms with E-state index in [0.29, 0.717) is 0 Å². The van der Waals surface area contributed by atoms with Crippen molar-refractivity contribution in [2.24, 2.45) is 0 Å². The van der Waals surface area contributed by atoms with Gasteiger partial charge in [0.25, 0.3) is 0 Å². The van der Waals surface area contributed by atoms with Gasteiger partial charge in [-0.25, -0.2) is 0 Å². The summed E-state index contributed by atoms with van der Waals surface area (Å²) in [5.74, 6) is 0. The van der Waals surface area contributed by atoms with Gasteiger partial charge in [0.2, 0.25) is 0 Å². The van der Waals surface area contributed by atoms with Crippen molar-refractivity contribution in [2.75, 3.05) is 6.61 Å². The van der Waals surface area contributed by atoms with Crippen molar-refractivity contribution in [1.82, 2.24) is 0 Å². The molecule has 22 heavy (non-hydrogen) atoms. The molecule has 3 heteroatoms. The fraction of sp³-hybridized carbons (Fsp3) is 1.00. The van der Waals surface area contributed by atoms with Crippen LogP contribution in [0, 0.1) is 0 Å². The van der Waals surface area contributed by atoms with E-state index in [4.69, 9.17) is 3.07 Å². The van der Waals surface area contributed by atoms with Crippen LogP contribution in [0.2, 0.25) is 22.2 Å². The van der Waals surface area contributed by atoms with Crippen molar-refractivity contribution in [3.8, 4) is 0 Å². The van der Waals surface area contributed by atoms with Crippen LogP contribution in [0.3, 0.4) is 0 Å². The predicted octanol–water partition coefficient (Wildman–Crippen LogP) is 7.08. The van der Waals surface area contributed by atoms with Crippen molar-refractivity contribution in [3.63, 3.8) is 0 Å². The van der Waals surface area contributed by atoms with Gasteiger partial charge in [0.05, 0.1) is 0 Å². The summed E-state index contributed by atoms with van der Waals surface area (Å²) in [6.07, 6.45) is 13.0. The molecule has 0 unspecified atom stereocenters. The molecule has 1 rings (SSSR count). The van der Waals surface area contributed by atoms with Gasteiger partial charge in [-0.2, -0.15) is 0 Å². The third kappa shape index (κ3) is 5.82. The first-order valence-electron chi connectivity index (χ1n) is 10.3. The molecule has 0 N–H and O–H groups in total. The molecule has 0 aliphatic carbocycles. The number of unbranched alkanes of at least 4 members (excludes halogenated alkanes) is 4. The molecule has 1 aliphatic rings. The summed E-state index contributed by atoms with van der Waals surface area (Å²) >= 11 is -4.28. The van der Waals surface area contributed by atoms with Crippen LogP contribution in [0.15, 0.2) is 0 Å². The minimum atomic E-state index is -2.28. The van der Waals surface area contributed by atoms with Crippen LogP contribution in [0.25, 0.3) is 0 Å². The summed E-state index contributed by atoms with van der Waals surface area (Å²) in [4.78, 5) is 0. The second-order valence-corrected chi connectivity index (χ2v) is 66.3. The Balaban J connectivity index is 3.03. The van der Waals surface area contributed by atoms with Crippen molar-refractivity contribution in [2.45, 2.75) is 108 Å². The summed E-state index contributed by atoms with van der Waals surface area (Å²) in [5.41, 5.74) is 0. The molecule has 0 amide bonds. The first-order chi connectivity index (χ1) is 10.7. The van der Waals surface area contributed by atoms with Gasteiger partial charge < -0.3 is 0 Å². The van der Waals surface area contributed by atoms with Crippen LogP contribution < -0.4 is 0 Å². The molecule has 132 valence electrons. The van der Waals surface area contributed by atoms with E-state index < -0.39 is 29.3 Å². The third-order valence-electron chi connectivity index (χ3n) is 6.03. The van der Waals surface area contributed by atoms with E-state index >= 15 is 0 Å². The molecular weight excluding hydrogens is 482 g/mol. The van der Waals surface area contributed by atoms with Gasteiger partial charge in [-0.1, -0.05) is 0 Å². The Morgan fingerprint density at radius 2 is 1.14 bits per heavy atom. The third-order valence-corrected chi connectivity index (χ3v) is 95.3. The second kappa shape index (κ2) is 12.0. The molecule has 0 saturated carbocycles. The topological polar surface area (TPSA) is 9.23 Å². The molecule has 0 aromatic heterocycles. The van der Waals surface area contributed by atoms with Crippen molar-refractivity contribution in [3.05, 3.63) is 0 Å². The number of rotatable bonds is 12. The van der Waals surface area contributed by atoms with Crippen LogP contribution in [-0.4, -0.2) is 35.9 Å². The Labute approximate surface area is 145 Å². The summed E-state index contributed by atoms with van der Waals surface area (Å²) in [5, 5.41) is 0. The van der Waals surface area contributed by atoms with Crippen LogP contribution in [-0.2, 0) is 3.07 Å². The standard InChI is InChI=1S/4C4H9.C3H6O.2Sn/c4*1-3-4-2;1-2-3-4;;/h4*1,3-4H2,2H3;1-3H2;;/q;;;;-1;;+1. The number of hydrogen-bond acceptors (Lipinski definition) is 1. The van der Waals surface area contributed by atoms with Gasteiger partial charge in [-0.15, -0.1) is 0 Å². The van der Waals surface area contributed by atoms with E-state index in [1.165, 1.54) is 57.8 Å². The van der Waals surface area contributed by atoms with E-state index in [-0.39, 0.29) is 0 Å². The monoisotopic (exact) mass is 526 g/mol. The molecule has 1 aliphatic heterocycles. The van der Waals surface area contributed by atoms with Crippen LogP contribution in [0.1, 0.15) is 85.5 Å². The van der Waals surface area contributed by atoms with Crippen LogP contribution in [0.5, 0.6) is 0 Å². The van der Waals surface area contributed by atoms with E-state index in [9.17, 15) is 0 Å². The quantitative estimate of drug-likeness (QED) is 0.248. The maximum atomic E-state index is 6.98. The number of hydrogen-bond donors (Lipinski definition) is 0. The van der Waals surface area contributed by atoms with Crippen molar-refractivity contribution in [1.29, 1.82) is 0 Å². The summed E-state index contributed by atoms with van der Waals surface area (Å²) in [6.45, 7) is 10.7. The summed E-state index contributed by atoms with van der Waals surface area (Å²) in [7, 11) is 0. The van der Waals surface area contributed by atoms with Gasteiger partial charge >= 0.3 is 147 Å². The van der Waals surface area contributed by atoms with E-state index in [2.05, 4.69) is 27.7 Å². The molecule has 0 spiro atoms. The Morgan fingerprint density at radius 1 is 0.682 bits per heavy atom. The average Bonchev–Trinajstić information content (AvgIpc) is 2.56. The fourth-order valence-corrected chi connectivity index (χ4v) is 102. The average molecular weight is 524 g/mol. The molecular formula is C19H42OSn2. The maximum absolute atomic E-state index is 6.98. The Morgan fingerprint density at radius 3 is 1.59 bits per heavy atom. The molecule has 0 aromatic rings. The Hall–Kier alpha value is 1.56. The van der Waals surface area contributed by atoms with Gasteiger partial charge in [-0.05, 0) is 0 Å². The molecule has 0 bridgehead atoms. The summed E-state index contributed by atoms with van der Waals surface area (Å²) < 4.78 is 15.3. The minimum absolute atomic E-state index is 1.15. The molecule has 1 saturated heterocycles. The molecule has 0 atom stereocenters. The zero-order valence-corrected chi connectivity index (χ0v) is 21.7. The van der Waals surface area contributed by atoms with Crippen molar-refractivity contribution >= 4 is 29.3 Å². The van der Waals surface area contributed by atoms with Gasteiger partial charge in [0, 0.05) is 0 Å². The van der Waals surface area contributed by atoms with Crippen LogP contribution >= 0.6 is 0 Å². The van der Waals surface area contributed by atoms with Gasteiger partial charge in [-0.3, -0.25) is 0 Å². The molecule has 0 radical (unpaired) electrons. The first kappa shape index (κ1) is 21.6. The van der Waals surface area contributed by atoms with E-state index in [0.717, 1.165) is 6.61 Å². The van der Waals surface area contributed by atoms with Crippen LogP contribution in [0.4, 0.5) is 0 Å². The summed E-state index contributed by atoms with van der Waals surface area (Å²) in [6, 6.07) is 0. The second-order valence-electron chi connectivity index (χ2n) is 7.64. The van der Waals surface area contributed by atoms with E-state index in [1.54, 1.807) is 22.2 Å². The fourth-order valence-electron chi connectivity index (χ4n) is 4.64. The SMILES string of the molecule is CCC[CH2][Sn]1([CH2]CCC)[CH2]CC[O][Sn]1([CH2]CCC)[CH2]CCC. The normalized spacial score (nSPS) is 20.2. The molecule has 1 nitrogen and oxygen atoms in total. The molecule has 1 heterocycles. The molecule has 1 fully saturated rings.